The van der Waals surface area contributed by atoms with Crippen molar-refractivity contribution in [1.29, 1.82) is 0 Å². The summed E-state index contributed by atoms with van der Waals surface area (Å²) < 4.78 is 72.5. The van der Waals surface area contributed by atoms with Crippen molar-refractivity contribution >= 4 is 46.8 Å². The van der Waals surface area contributed by atoms with Gasteiger partial charge in [0.25, 0.3) is 5.91 Å². The van der Waals surface area contributed by atoms with E-state index in [4.69, 9.17) is 28.4 Å². The number of Topliss-reactive ketones (excluding diaryl/α,β-unsaturated/α-hetero) is 1. The van der Waals surface area contributed by atoms with Gasteiger partial charge >= 0.3 is 6.18 Å². The van der Waals surface area contributed by atoms with E-state index in [1.54, 1.807) is 29.0 Å². The number of methoxy groups -OCH3 is 1. The Morgan fingerprint density at radius 1 is 0.744 bits per heavy atom. The summed E-state index contributed by atoms with van der Waals surface area (Å²) in [6.45, 7) is 10.6. The van der Waals surface area contributed by atoms with Gasteiger partial charge in [-0.15, -0.1) is 11.3 Å². The van der Waals surface area contributed by atoms with Crippen molar-refractivity contribution < 1.29 is 70.7 Å². The molecule has 2 aliphatic carbocycles. The van der Waals surface area contributed by atoms with E-state index in [2.05, 4.69) is 31.2 Å². The normalized spacial score (nSPS) is 18.7. The number of allylic oxidation sites excluding steroid dienone is 1. The summed E-state index contributed by atoms with van der Waals surface area (Å²) in [5, 5.41) is 22.0. The van der Waals surface area contributed by atoms with Crippen molar-refractivity contribution in [3.05, 3.63) is 106 Å². The quantitative estimate of drug-likeness (QED) is 0.0300. The number of rotatable bonds is 32. The minimum absolute atomic E-state index is 0.000433. The zero-order valence-corrected chi connectivity index (χ0v) is 48.3. The number of aliphatic hydroxyl groups excluding tert-OH is 1. The van der Waals surface area contributed by atoms with Gasteiger partial charge in [0.05, 0.1) is 119 Å². The number of hydrogen-bond donors (Lipinski definition) is 5. The van der Waals surface area contributed by atoms with Crippen molar-refractivity contribution in [2.24, 2.45) is 29.1 Å². The zero-order chi connectivity index (χ0) is 59.1. The van der Waals surface area contributed by atoms with Crippen LogP contribution in [-0.2, 0) is 62.4 Å². The van der Waals surface area contributed by atoms with Gasteiger partial charge in [0, 0.05) is 31.1 Å². The number of thiazole rings is 1. The van der Waals surface area contributed by atoms with Crippen LogP contribution in [0.3, 0.4) is 0 Å². The van der Waals surface area contributed by atoms with Crippen LogP contribution in [0.5, 0.6) is 5.75 Å². The predicted molar refractivity (Wildman–Crippen MR) is 302 cm³/mol. The van der Waals surface area contributed by atoms with Gasteiger partial charge in [-0.3, -0.25) is 24.0 Å². The van der Waals surface area contributed by atoms with Crippen LogP contribution in [0.25, 0.3) is 16.5 Å². The number of amides is 4. The summed E-state index contributed by atoms with van der Waals surface area (Å²) in [7, 11) is 1.48. The molecule has 4 amide bonds. The first-order chi connectivity index (χ1) is 39.3. The number of pyridine rings is 1. The fourth-order valence-corrected chi connectivity index (χ4v) is 10.7. The van der Waals surface area contributed by atoms with E-state index >= 15 is 0 Å². The maximum absolute atomic E-state index is 14.0. The average Bonchev–Trinajstić information content (AvgIpc) is 4.22. The summed E-state index contributed by atoms with van der Waals surface area (Å²) in [4.78, 5) is 75.8. The van der Waals surface area contributed by atoms with Crippen molar-refractivity contribution in [2.75, 3.05) is 79.7 Å². The molecule has 0 spiro atoms. The fourth-order valence-electron chi connectivity index (χ4n) is 9.86. The van der Waals surface area contributed by atoms with Crippen LogP contribution in [0.2, 0.25) is 0 Å². The predicted octanol–water partition coefficient (Wildman–Crippen LogP) is 7.38. The SMILES string of the molecule is COc1cnc(C(=O)NCc2cccc(CC(=O)NCCOCCOCCOCCOCCOCC(=O)N[C@H](C(=O)C3C[C@H](O)C[C@H]3C(=O)NCc3ccc(-c4scnc4C)cc3)C(C)(C)C)c2)cc1/C=C/[C@H]1CC[C@H](C(F)(F)F)CC1. The smallest absolute Gasteiger partial charge is 0.391 e. The third-order valence-corrected chi connectivity index (χ3v) is 15.3. The maximum Gasteiger partial charge on any atom is 0.391 e. The number of aromatic nitrogens is 2. The van der Waals surface area contributed by atoms with E-state index in [1.165, 1.54) is 13.3 Å². The first kappa shape index (κ1) is 65.0. The van der Waals surface area contributed by atoms with E-state index in [0.29, 0.717) is 76.9 Å². The molecule has 0 radical (unpaired) electrons. The van der Waals surface area contributed by atoms with Crippen LogP contribution in [0.15, 0.2) is 72.4 Å². The van der Waals surface area contributed by atoms with Gasteiger partial charge in [-0.05, 0) is 85.1 Å². The Morgan fingerprint density at radius 3 is 1.99 bits per heavy atom. The van der Waals surface area contributed by atoms with Crippen LogP contribution in [-0.4, -0.2) is 143 Å². The van der Waals surface area contributed by atoms with Crippen LogP contribution >= 0.6 is 11.3 Å². The number of carbonyl (C=O) groups is 5. The Labute approximate surface area is 482 Å². The number of ether oxygens (including phenoxy) is 6. The standard InChI is InChI=1S/C60H79F3N6O12S/c1-39-55(82-38-68-39)44-14-10-41(11-15-44)34-66-57(74)49-33-47(70)32-48(49)54(73)56(59(2,3)4)69-53(72)37-81-28-27-80-26-25-79-24-23-78-22-21-77-20-19-64-52(71)30-42-7-6-8-43(29-42)35-67-58(75)50-31-45(51(76-5)36-65-50)16-9-40-12-17-46(18-13-40)60(61,62)63/h6-11,14-16,29,31,36,38,40,46-49,56,70H,12-13,17-28,30,32-35,37H2,1-5H3,(H,64,71)(H,66,74)(H,67,75)(H,69,72)/b16-9+/t40-,46-,47-,48?,49+,56+/m0/s1. The van der Waals surface area contributed by atoms with Crippen molar-refractivity contribution in [2.45, 2.75) is 104 Å². The molecule has 4 aromatic rings. The molecule has 2 aromatic heterocycles. The molecule has 1 unspecified atom stereocenters. The summed E-state index contributed by atoms with van der Waals surface area (Å²) in [6, 6.07) is 15.8. The number of aliphatic hydroxyl groups is 1. The van der Waals surface area contributed by atoms with E-state index in [9.17, 15) is 42.3 Å². The number of nitrogens with one attached hydrogen (secondary N) is 4. The Balaban J connectivity index is 0.753. The fraction of sp³-hybridized carbons (Fsp3) is 0.550. The van der Waals surface area contributed by atoms with Gasteiger partial charge in [-0.1, -0.05) is 81.5 Å². The van der Waals surface area contributed by atoms with Gasteiger partial charge in [0.15, 0.2) is 5.78 Å². The lowest BCUT2D eigenvalue weighted by molar-refractivity contribution is -0.183. The largest absolute Gasteiger partial charge is 0.495 e. The molecule has 2 aromatic carbocycles. The molecule has 0 saturated heterocycles. The summed E-state index contributed by atoms with van der Waals surface area (Å²) in [5.74, 6) is -4.02. The topological polar surface area (TPSA) is 235 Å². The number of halogens is 3. The van der Waals surface area contributed by atoms with E-state index in [-0.39, 0.29) is 94.2 Å². The average molecular weight is 1170 g/mol. The molecule has 18 nitrogen and oxygen atoms in total. The minimum Gasteiger partial charge on any atom is -0.495 e. The molecule has 82 heavy (non-hydrogen) atoms. The first-order valence-electron chi connectivity index (χ1n) is 27.9. The number of ketones is 1. The third kappa shape index (κ3) is 21.2. The Kier molecular flexibility index (Phi) is 25.9. The zero-order valence-electron chi connectivity index (χ0n) is 47.5. The lowest BCUT2D eigenvalue weighted by Crippen LogP contribution is -2.53. The van der Waals surface area contributed by atoms with Gasteiger partial charge in [-0.2, -0.15) is 13.2 Å². The highest BCUT2D eigenvalue weighted by Crippen LogP contribution is 2.40. The molecule has 22 heteroatoms. The van der Waals surface area contributed by atoms with Crippen LogP contribution in [0.1, 0.15) is 97.7 Å². The van der Waals surface area contributed by atoms with E-state index in [0.717, 1.165) is 32.8 Å². The van der Waals surface area contributed by atoms with Gasteiger partial charge in [0.2, 0.25) is 17.7 Å². The molecule has 2 aliphatic rings. The monoisotopic (exact) mass is 1160 g/mol. The molecular formula is C60H79F3N6O12S. The van der Waals surface area contributed by atoms with E-state index in [1.807, 2.05) is 82.3 Å². The number of aryl methyl sites for hydroxylation is 1. The molecule has 5 N–H and O–H groups in total. The highest BCUT2D eigenvalue weighted by Gasteiger charge is 2.47. The Hall–Kier alpha value is -6.14. The van der Waals surface area contributed by atoms with Gasteiger partial charge in [0.1, 0.15) is 18.1 Å². The highest BCUT2D eigenvalue weighted by atomic mass is 32.1. The summed E-state index contributed by atoms with van der Waals surface area (Å²) >= 11 is 1.57. The van der Waals surface area contributed by atoms with Crippen LogP contribution in [0, 0.1) is 36.0 Å². The van der Waals surface area contributed by atoms with Crippen LogP contribution in [0.4, 0.5) is 13.2 Å². The van der Waals surface area contributed by atoms with E-state index < -0.39 is 53.3 Å². The number of carbonyl (C=O) groups excluding carboxylic acids is 5. The number of alkyl halides is 3. The Bertz CT molecular complexity index is 2710. The number of nitrogens with zero attached hydrogens (tertiary/aromatic N) is 2. The van der Waals surface area contributed by atoms with Crippen LogP contribution < -0.4 is 26.0 Å². The number of hydrogen-bond acceptors (Lipinski definition) is 15. The molecular weight excluding hydrogens is 1090 g/mol. The second-order valence-electron chi connectivity index (χ2n) is 21.6. The molecule has 0 aliphatic heterocycles. The lowest BCUT2D eigenvalue weighted by Gasteiger charge is -2.33. The molecule has 2 fully saturated rings. The summed E-state index contributed by atoms with van der Waals surface area (Å²) in [6.07, 6.45) is 1.59. The Morgan fingerprint density at radius 2 is 1.37 bits per heavy atom. The molecule has 448 valence electrons. The number of benzene rings is 2. The van der Waals surface area contributed by atoms with Crippen molar-refractivity contribution in [3.63, 3.8) is 0 Å². The minimum atomic E-state index is -4.17. The summed E-state index contributed by atoms with van der Waals surface area (Å²) in [5.41, 5.74) is 6.33. The third-order valence-electron chi connectivity index (χ3n) is 14.4. The second-order valence-corrected chi connectivity index (χ2v) is 22.5. The molecule has 4 atom stereocenters. The van der Waals surface area contributed by atoms with Gasteiger partial charge in [-0.25, -0.2) is 9.97 Å². The van der Waals surface area contributed by atoms with Gasteiger partial charge < -0.3 is 54.8 Å². The highest BCUT2D eigenvalue weighted by molar-refractivity contribution is 7.13. The second kappa shape index (κ2) is 32.6. The molecule has 2 saturated carbocycles. The first-order valence-corrected chi connectivity index (χ1v) is 28.8. The molecule has 6 rings (SSSR count). The molecule has 2 heterocycles. The maximum atomic E-state index is 14.0. The van der Waals surface area contributed by atoms with Crippen molar-refractivity contribution in [1.82, 2.24) is 31.2 Å². The van der Waals surface area contributed by atoms with Crippen molar-refractivity contribution in [3.8, 4) is 16.2 Å². The molecule has 0 bridgehead atoms. The lowest BCUT2D eigenvalue weighted by atomic mass is 9.77.